The summed E-state index contributed by atoms with van der Waals surface area (Å²) in [6, 6.07) is 3.17. The lowest BCUT2D eigenvalue weighted by Crippen LogP contribution is -2.47. The first-order valence-corrected chi connectivity index (χ1v) is 8.77. The average Bonchev–Trinajstić information content (AvgIpc) is 3.17. The molecule has 28 heavy (non-hydrogen) atoms. The number of carbonyl (C=O) groups excluding carboxylic acids is 1. The van der Waals surface area contributed by atoms with Gasteiger partial charge in [-0.2, -0.15) is 0 Å². The summed E-state index contributed by atoms with van der Waals surface area (Å²) in [4.78, 5) is 22.2. The summed E-state index contributed by atoms with van der Waals surface area (Å²) in [6.45, 7) is 2.00. The lowest BCUT2D eigenvalue weighted by atomic mass is 10.0. The topological polar surface area (TPSA) is 76.6 Å². The average molecular weight is 394 g/mol. The molecule has 0 unspecified atom stereocenters. The van der Waals surface area contributed by atoms with Gasteiger partial charge in [-0.25, -0.2) is 23.1 Å². The summed E-state index contributed by atoms with van der Waals surface area (Å²) in [6.07, 6.45) is 2.27. The van der Waals surface area contributed by atoms with Gasteiger partial charge >= 0.3 is 0 Å². The first kappa shape index (κ1) is 18.6. The number of amides is 1. The van der Waals surface area contributed by atoms with Gasteiger partial charge in [0.05, 0.1) is 18.9 Å². The number of hydrogen-bond acceptors (Lipinski definition) is 6. The van der Waals surface area contributed by atoms with Crippen LogP contribution in [0.3, 0.4) is 0 Å². The number of benzene rings is 1. The van der Waals surface area contributed by atoms with E-state index in [0.29, 0.717) is 39.1 Å². The Morgan fingerprint density at radius 1 is 1.07 bits per heavy atom. The highest BCUT2D eigenvalue weighted by molar-refractivity contribution is 5.93. The highest BCUT2D eigenvalue weighted by Crippen LogP contribution is 2.31. The summed E-state index contributed by atoms with van der Waals surface area (Å²) in [5.74, 6) is -5.08. The molecule has 1 aromatic heterocycles. The molecule has 1 N–H and O–H groups in total. The largest absolute Gasteiger partial charge is 0.347 e. The number of piperidine rings is 1. The van der Waals surface area contributed by atoms with E-state index in [0.717, 1.165) is 18.5 Å². The van der Waals surface area contributed by atoms with E-state index in [1.54, 1.807) is 4.90 Å². The fraction of sp³-hybridized carbons (Fsp3) is 0.389. The van der Waals surface area contributed by atoms with Gasteiger partial charge < -0.3 is 19.7 Å². The number of ether oxygens (including phenoxy) is 2. The molecule has 10 heteroatoms. The molecule has 7 nitrogen and oxygen atoms in total. The molecule has 0 atom stereocenters. The van der Waals surface area contributed by atoms with Crippen LogP contribution >= 0.6 is 0 Å². The van der Waals surface area contributed by atoms with Crippen molar-refractivity contribution in [2.45, 2.75) is 18.6 Å². The van der Waals surface area contributed by atoms with E-state index in [1.807, 2.05) is 0 Å². The van der Waals surface area contributed by atoms with E-state index in [4.69, 9.17) is 9.47 Å². The number of hydrogen-bond donors (Lipinski definition) is 1. The van der Waals surface area contributed by atoms with Gasteiger partial charge in [-0.1, -0.05) is 0 Å². The van der Waals surface area contributed by atoms with Crippen LogP contribution in [-0.2, 0) is 9.47 Å². The maximum atomic E-state index is 13.8. The van der Waals surface area contributed by atoms with Gasteiger partial charge in [0.2, 0.25) is 0 Å². The molecular weight excluding hydrogens is 377 g/mol. The van der Waals surface area contributed by atoms with Gasteiger partial charge in [-0.15, -0.1) is 0 Å². The second-order valence-corrected chi connectivity index (χ2v) is 6.54. The number of anilines is 2. The molecule has 2 aliphatic rings. The molecule has 2 aliphatic heterocycles. The van der Waals surface area contributed by atoms with Gasteiger partial charge in [0.25, 0.3) is 5.91 Å². The number of carbonyl (C=O) groups is 1. The van der Waals surface area contributed by atoms with E-state index in [1.165, 1.54) is 6.07 Å². The predicted octanol–water partition coefficient (Wildman–Crippen LogP) is 2.62. The number of halogens is 3. The molecule has 0 bridgehead atoms. The van der Waals surface area contributed by atoms with E-state index in [9.17, 15) is 18.0 Å². The van der Waals surface area contributed by atoms with Gasteiger partial charge in [0, 0.05) is 32.0 Å². The van der Waals surface area contributed by atoms with Crippen LogP contribution in [0.5, 0.6) is 0 Å². The van der Waals surface area contributed by atoms with Crippen molar-refractivity contribution in [3.05, 3.63) is 47.7 Å². The minimum absolute atomic E-state index is 0.0826. The maximum Gasteiger partial charge on any atom is 0.272 e. The molecule has 4 rings (SSSR count). The first-order valence-electron chi connectivity index (χ1n) is 8.77. The summed E-state index contributed by atoms with van der Waals surface area (Å²) in [5.41, 5.74) is -0.198. The second-order valence-electron chi connectivity index (χ2n) is 6.54. The molecule has 3 heterocycles. The van der Waals surface area contributed by atoms with E-state index in [-0.39, 0.29) is 23.1 Å². The number of nitrogens with one attached hydrogen (secondary N) is 1. The summed E-state index contributed by atoms with van der Waals surface area (Å²) in [5, 5.41) is 2.53. The fourth-order valence-corrected chi connectivity index (χ4v) is 3.30. The number of nitrogens with zero attached hydrogens (tertiary/aromatic N) is 3. The van der Waals surface area contributed by atoms with Crippen molar-refractivity contribution in [3.8, 4) is 0 Å². The third-order valence-corrected chi connectivity index (χ3v) is 4.81. The second kappa shape index (κ2) is 7.36. The molecule has 1 amide bonds. The van der Waals surface area contributed by atoms with E-state index in [2.05, 4.69) is 15.3 Å². The first-order chi connectivity index (χ1) is 13.5. The number of aromatic nitrogens is 2. The molecular formula is C18H17F3N4O3. The molecule has 2 aromatic rings. The van der Waals surface area contributed by atoms with Crippen molar-refractivity contribution in [2.75, 3.05) is 31.6 Å². The Labute approximate surface area is 158 Å². The van der Waals surface area contributed by atoms with Gasteiger partial charge in [-0.05, 0) is 12.1 Å². The van der Waals surface area contributed by atoms with Crippen LogP contribution in [-0.4, -0.2) is 52.9 Å². The Kier molecular flexibility index (Phi) is 4.90. The summed E-state index contributed by atoms with van der Waals surface area (Å²) >= 11 is 0. The predicted molar refractivity (Wildman–Crippen MR) is 91.4 cm³/mol. The van der Waals surface area contributed by atoms with E-state index < -0.39 is 23.2 Å². The molecule has 1 spiro atoms. The van der Waals surface area contributed by atoms with Crippen LogP contribution < -0.4 is 5.32 Å². The minimum atomic E-state index is -1.59. The standard InChI is InChI=1S/C18H17F3N4O3/c19-11-1-2-12(16(21)15(11)20)24-14-9-13(22-10-23-14)17(26)25-5-3-18(4-6-25)27-7-8-28-18/h1-2,9-10H,3-8H2,(H,22,23,24). The lowest BCUT2D eigenvalue weighted by Gasteiger charge is -2.37. The molecule has 0 saturated carbocycles. The van der Waals surface area contributed by atoms with Crippen LogP contribution in [0, 0.1) is 17.5 Å². The Hall–Kier alpha value is -2.72. The van der Waals surface area contributed by atoms with Gasteiger partial charge in [-0.3, -0.25) is 4.79 Å². The zero-order chi connectivity index (χ0) is 19.7. The highest BCUT2D eigenvalue weighted by atomic mass is 19.2. The van der Waals surface area contributed by atoms with Gasteiger partial charge in [0.1, 0.15) is 17.8 Å². The van der Waals surface area contributed by atoms with Crippen LogP contribution in [0.2, 0.25) is 0 Å². The van der Waals surface area contributed by atoms with Crippen molar-refractivity contribution in [1.82, 2.24) is 14.9 Å². The van der Waals surface area contributed by atoms with Crippen molar-refractivity contribution in [3.63, 3.8) is 0 Å². The Morgan fingerprint density at radius 3 is 2.50 bits per heavy atom. The highest BCUT2D eigenvalue weighted by Gasteiger charge is 2.41. The Morgan fingerprint density at radius 2 is 1.79 bits per heavy atom. The van der Waals surface area contributed by atoms with Crippen LogP contribution in [0.25, 0.3) is 0 Å². The van der Waals surface area contributed by atoms with Crippen molar-refractivity contribution in [2.24, 2.45) is 0 Å². The number of rotatable bonds is 3. The van der Waals surface area contributed by atoms with Crippen LogP contribution in [0.1, 0.15) is 23.3 Å². The monoisotopic (exact) mass is 394 g/mol. The molecule has 0 aliphatic carbocycles. The Balaban J connectivity index is 1.46. The molecule has 2 saturated heterocycles. The third kappa shape index (κ3) is 3.52. The smallest absolute Gasteiger partial charge is 0.272 e. The van der Waals surface area contributed by atoms with Crippen LogP contribution in [0.15, 0.2) is 24.5 Å². The van der Waals surface area contributed by atoms with Crippen molar-refractivity contribution in [1.29, 1.82) is 0 Å². The van der Waals surface area contributed by atoms with E-state index >= 15 is 0 Å². The Bertz CT molecular complexity index is 896. The van der Waals surface area contributed by atoms with Gasteiger partial charge in [0.15, 0.2) is 23.2 Å². The molecule has 1 aromatic carbocycles. The quantitative estimate of drug-likeness (QED) is 0.807. The maximum absolute atomic E-state index is 13.8. The fourth-order valence-electron chi connectivity index (χ4n) is 3.30. The molecule has 148 valence electrons. The normalized spacial score (nSPS) is 18.5. The third-order valence-electron chi connectivity index (χ3n) is 4.81. The lowest BCUT2D eigenvalue weighted by molar-refractivity contribution is -0.181. The minimum Gasteiger partial charge on any atom is -0.347 e. The number of likely N-dealkylation sites (tertiary alicyclic amines) is 1. The van der Waals surface area contributed by atoms with Crippen molar-refractivity contribution < 1.29 is 27.4 Å². The van der Waals surface area contributed by atoms with Crippen LogP contribution in [0.4, 0.5) is 24.7 Å². The molecule has 2 fully saturated rings. The zero-order valence-electron chi connectivity index (χ0n) is 14.8. The SMILES string of the molecule is O=C(c1cc(Nc2ccc(F)c(F)c2F)ncn1)N1CCC2(CC1)OCCO2. The van der Waals surface area contributed by atoms with Crippen molar-refractivity contribution >= 4 is 17.4 Å². The molecule has 0 radical (unpaired) electrons. The summed E-state index contributed by atoms with van der Waals surface area (Å²) in [7, 11) is 0. The summed E-state index contributed by atoms with van der Waals surface area (Å²) < 4.78 is 51.5. The zero-order valence-corrected chi connectivity index (χ0v) is 14.8.